The van der Waals surface area contributed by atoms with E-state index in [1.165, 1.54) is 0 Å². The molecule has 0 unspecified atom stereocenters. The number of hydrogen-bond acceptors (Lipinski definition) is 6. The van der Waals surface area contributed by atoms with Gasteiger partial charge in [-0.2, -0.15) is 0 Å². The molecular formula is C21H23N3O5. The Morgan fingerprint density at radius 1 is 1.10 bits per heavy atom. The number of benzene rings is 2. The minimum absolute atomic E-state index is 0.00535. The van der Waals surface area contributed by atoms with Crippen molar-refractivity contribution < 1.29 is 23.8 Å². The number of carbonyl (C=O) groups excluding carboxylic acids is 2. The predicted octanol–water partition coefficient (Wildman–Crippen LogP) is 2.25. The van der Waals surface area contributed by atoms with Crippen LogP contribution in [0.2, 0.25) is 0 Å². The first kappa shape index (κ1) is 18.9. The smallest absolute Gasteiger partial charge is 0.260 e. The number of hydrogen-bond donors (Lipinski definition) is 2. The Hall–Kier alpha value is -3.42. The van der Waals surface area contributed by atoms with Crippen LogP contribution in [0.1, 0.15) is 12.8 Å². The number of carbonyl (C=O) groups is 2. The van der Waals surface area contributed by atoms with Crippen LogP contribution in [-0.2, 0) is 9.59 Å². The van der Waals surface area contributed by atoms with Gasteiger partial charge in [-0.3, -0.25) is 9.59 Å². The van der Waals surface area contributed by atoms with Crippen molar-refractivity contribution in [2.75, 3.05) is 37.5 Å². The molecule has 1 saturated heterocycles. The van der Waals surface area contributed by atoms with Crippen molar-refractivity contribution in [2.24, 2.45) is 5.92 Å². The first-order chi connectivity index (χ1) is 14.1. The highest BCUT2D eigenvalue weighted by Gasteiger charge is 2.28. The van der Waals surface area contributed by atoms with Crippen molar-refractivity contribution >= 4 is 23.2 Å². The zero-order valence-corrected chi connectivity index (χ0v) is 15.9. The molecule has 2 aromatic rings. The fourth-order valence-corrected chi connectivity index (χ4v) is 3.44. The molecule has 8 nitrogen and oxygen atoms in total. The quantitative estimate of drug-likeness (QED) is 0.750. The van der Waals surface area contributed by atoms with E-state index in [1.54, 1.807) is 17.0 Å². The highest BCUT2D eigenvalue weighted by atomic mass is 16.7. The highest BCUT2D eigenvalue weighted by molar-refractivity contribution is 5.96. The summed E-state index contributed by atoms with van der Waals surface area (Å²) in [5.74, 6) is 1.43. The number of ether oxygens (including phenoxy) is 3. The maximum atomic E-state index is 12.6. The third kappa shape index (κ3) is 4.37. The third-order valence-corrected chi connectivity index (χ3v) is 5.13. The summed E-state index contributed by atoms with van der Waals surface area (Å²) in [6.45, 7) is 1.18. The molecule has 0 aliphatic carbocycles. The topological polar surface area (TPSA) is 103 Å². The number of nitrogens with zero attached hydrogens (tertiary/aromatic N) is 1. The average Bonchev–Trinajstić information content (AvgIpc) is 3.20. The van der Waals surface area contributed by atoms with E-state index >= 15 is 0 Å². The van der Waals surface area contributed by atoms with E-state index in [9.17, 15) is 9.59 Å². The zero-order chi connectivity index (χ0) is 20.2. The minimum Gasteiger partial charge on any atom is -0.484 e. The molecule has 2 aliphatic rings. The molecule has 0 aromatic heterocycles. The van der Waals surface area contributed by atoms with Crippen LogP contribution < -0.4 is 25.3 Å². The fourth-order valence-electron chi connectivity index (χ4n) is 3.44. The number of nitrogen functional groups attached to an aromatic ring is 1. The molecule has 1 fully saturated rings. The number of fused-ring (bicyclic) bond motifs is 1. The monoisotopic (exact) mass is 397 g/mol. The number of amides is 2. The molecule has 2 aromatic carbocycles. The van der Waals surface area contributed by atoms with E-state index in [0.29, 0.717) is 54.6 Å². The molecule has 0 spiro atoms. The number of nitrogens with two attached hydrogens (primary N) is 1. The van der Waals surface area contributed by atoms with E-state index in [2.05, 4.69) is 5.32 Å². The number of anilines is 2. The summed E-state index contributed by atoms with van der Waals surface area (Å²) in [6.07, 6.45) is 1.18. The molecule has 2 heterocycles. The van der Waals surface area contributed by atoms with Gasteiger partial charge in [0, 0.05) is 31.1 Å². The molecule has 0 bridgehead atoms. The minimum atomic E-state index is -0.182. The van der Waals surface area contributed by atoms with Crippen LogP contribution in [0.4, 0.5) is 11.4 Å². The molecule has 0 saturated carbocycles. The van der Waals surface area contributed by atoms with Gasteiger partial charge in [0.15, 0.2) is 18.1 Å². The Labute approximate surface area is 168 Å². The number of likely N-dealkylation sites (tertiary alicyclic amines) is 1. The average molecular weight is 397 g/mol. The lowest BCUT2D eigenvalue weighted by Crippen LogP contribution is -2.43. The third-order valence-electron chi connectivity index (χ3n) is 5.13. The van der Waals surface area contributed by atoms with E-state index in [1.807, 2.05) is 30.3 Å². The lowest BCUT2D eigenvalue weighted by atomic mass is 9.95. The van der Waals surface area contributed by atoms with Crippen molar-refractivity contribution in [3.8, 4) is 17.2 Å². The van der Waals surface area contributed by atoms with Crippen LogP contribution in [0.15, 0.2) is 42.5 Å². The first-order valence-corrected chi connectivity index (χ1v) is 9.56. The second-order valence-corrected chi connectivity index (χ2v) is 7.04. The standard InChI is InChI=1S/C21H23N3O5/c22-16-10-18-19(29-13-28-18)11-17(16)23-21(26)14-6-8-24(9-7-14)20(25)12-27-15-4-2-1-3-5-15/h1-5,10-11,14H,6-9,12-13,22H2,(H,23,26). The van der Waals surface area contributed by atoms with Crippen molar-refractivity contribution in [1.29, 1.82) is 0 Å². The summed E-state index contributed by atoms with van der Waals surface area (Å²) in [4.78, 5) is 26.7. The van der Waals surface area contributed by atoms with E-state index in [0.717, 1.165) is 0 Å². The van der Waals surface area contributed by atoms with Crippen molar-refractivity contribution in [3.63, 3.8) is 0 Å². The summed E-state index contributed by atoms with van der Waals surface area (Å²) in [7, 11) is 0. The molecule has 4 rings (SSSR count). The highest BCUT2D eigenvalue weighted by Crippen LogP contribution is 2.38. The number of piperidine rings is 1. The van der Waals surface area contributed by atoms with Gasteiger partial charge in [-0.1, -0.05) is 18.2 Å². The van der Waals surface area contributed by atoms with Crippen LogP contribution in [0.5, 0.6) is 17.2 Å². The second kappa shape index (κ2) is 8.30. The molecular weight excluding hydrogens is 374 g/mol. The molecule has 2 amide bonds. The zero-order valence-electron chi connectivity index (χ0n) is 15.9. The number of rotatable bonds is 5. The van der Waals surface area contributed by atoms with Gasteiger partial charge in [-0.25, -0.2) is 0 Å². The van der Waals surface area contributed by atoms with E-state index < -0.39 is 0 Å². The van der Waals surface area contributed by atoms with E-state index in [-0.39, 0.29) is 31.1 Å². The molecule has 152 valence electrons. The van der Waals surface area contributed by atoms with Crippen LogP contribution in [0, 0.1) is 5.92 Å². The van der Waals surface area contributed by atoms with Crippen LogP contribution in [0.25, 0.3) is 0 Å². The van der Waals surface area contributed by atoms with Gasteiger partial charge in [0.2, 0.25) is 12.7 Å². The Kier molecular flexibility index (Phi) is 5.41. The van der Waals surface area contributed by atoms with Gasteiger partial charge in [0.1, 0.15) is 5.75 Å². The SMILES string of the molecule is Nc1cc2c(cc1NC(=O)C1CCN(C(=O)COc3ccccc3)CC1)OCO2. The summed E-state index contributed by atoms with van der Waals surface area (Å²) < 4.78 is 16.1. The number of nitrogens with one attached hydrogen (secondary N) is 1. The Bertz CT molecular complexity index is 895. The predicted molar refractivity (Wildman–Crippen MR) is 107 cm³/mol. The molecule has 3 N–H and O–H groups in total. The van der Waals surface area contributed by atoms with E-state index in [4.69, 9.17) is 19.9 Å². The van der Waals surface area contributed by atoms with Gasteiger partial charge in [-0.15, -0.1) is 0 Å². The van der Waals surface area contributed by atoms with Crippen LogP contribution in [-0.4, -0.2) is 43.2 Å². The fraction of sp³-hybridized carbons (Fsp3) is 0.333. The molecule has 0 atom stereocenters. The molecule has 8 heteroatoms. The van der Waals surface area contributed by atoms with Crippen LogP contribution >= 0.6 is 0 Å². The number of para-hydroxylation sites is 1. The normalized spacial score (nSPS) is 15.8. The van der Waals surface area contributed by atoms with Gasteiger partial charge in [0.05, 0.1) is 11.4 Å². The maximum Gasteiger partial charge on any atom is 0.260 e. The van der Waals surface area contributed by atoms with Gasteiger partial charge >= 0.3 is 0 Å². The lowest BCUT2D eigenvalue weighted by molar-refractivity contribution is -0.136. The van der Waals surface area contributed by atoms with Crippen molar-refractivity contribution in [2.45, 2.75) is 12.8 Å². The molecule has 29 heavy (non-hydrogen) atoms. The summed E-state index contributed by atoms with van der Waals surface area (Å²) in [6, 6.07) is 12.5. The van der Waals surface area contributed by atoms with Gasteiger partial charge < -0.3 is 30.2 Å². The largest absolute Gasteiger partial charge is 0.484 e. The molecule has 0 radical (unpaired) electrons. The lowest BCUT2D eigenvalue weighted by Gasteiger charge is -2.31. The van der Waals surface area contributed by atoms with Crippen molar-refractivity contribution in [1.82, 2.24) is 4.90 Å². The first-order valence-electron chi connectivity index (χ1n) is 9.56. The summed E-state index contributed by atoms with van der Waals surface area (Å²) in [5, 5.41) is 2.87. The van der Waals surface area contributed by atoms with Crippen molar-refractivity contribution in [3.05, 3.63) is 42.5 Å². The Morgan fingerprint density at radius 2 is 1.79 bits per heavy atom. The second-order valence-electron chi connectivity index (χ2n) is 7.04. The Morgan fingerprint density at radius 3 is 2.52 bits per heavy atom. The summed E-state index contributed by atoms with van der Waals surface area (Å²) in [5.41, 5.74) is 6.93. The van der Waals surface area contributed by atoms with Gasteiger partial charge in [-0.05, 0) is 25.0 Å². The van der Waals surface area contributed by atoms with Crippen LogP contribution in [0.3, 0.4) is 0 Å². The molecule has 2 aliphatic heterocycles. The Balaban J connectivity index is 1.27. The van der Waals surface area contributed by atoms with Gasteiger partial charge in [0.25, 0.3) is 5.91 Å². The summed E-state index contributed by atoms with van der Waals surface area (Å²) >= 11 is 0. The maximum absolute atomic E-state index is 12.6.